The zero-order valence-corrected chi connectivity index (χ0v) is 35.6. The maximum absolute atomic E-state index is 6.20. The van der Waals surface area contributed by atoms with E-state index >= 15 is 0 Å². The fraction of sp³-hybridized carbons (Fsp3) is 0.0667. The molecule has 4 heteroatoms. The van der Waals surface area contributed by atoms with E-state index in [2.05, 4.69) is 201 Å². The number of benzene rings is 9. The molecule has 12 rings (SSSR count). The number of hydrogen-bond acceptors (Lipinski definition) is 4. The monoisotopic (exact) mass is 821 g/mol. The third kappa shape index (κ3) is 6.37. The van der Waals surface area contributed by atoms with E-state index in [4.69, 9.17) is 14.4 Å². The third-order valence-corrected chi connectivity index (χ3v) is 13.1. The summed E-state index contributed by atoms with van der Waals surface area (Å²) in [5, 5.41) is 5.85. The summed E-state index contributed by atoms with van der Waals surface area (Å²) in [5.74, 6) is 1.43. The molecule has 0 unspecified atom stereocenters. The van der Waals surface area contributed by atoms with Crippen molar-refractivity contribution in [1.82, 2.24) is 5.32 Å². The lowest BCUT2D eigenvalue weighted by Crippen LogP contribution is -2.33. The molecule has 1 aliphatic heterocycles. The Balaban J connectivity index is 1.04. The molecule has 9 aromatic carbocycles. The second kappa shape index (κ2) is 15.1. The molecule has 1 aliphatic carbocycles. The van der Waals surface area contributed by atoms with E-state index in [-0.39, 0.29) is 11.6 Å². The summed E-state index contributed by atoms with van der Waals surface area (Å²) >= 11 is 0. The molecule has 0 amide bonds. The van der Waals surface area contributed by atoms with Crippen molar-refractivity contribution in [3.8, 4) is 55.6 Å². The molecule has 2 heterocycles. The first-order valence-corrected chi connectivity index (χ1v) is 22.0. The number of para-hydroxylation sites is 1. The highest BCUT2D eigenvalue weighted by Gasteiger charge is 2.35. The van der Waals surface area contributed by atoms with E-state index in [1.807, 2.05) is 30.3 Å². The van der Waals surface area contributed by atoms with Gasteiger partial charge in [0.25, 0.3) is 0 Å². The second-order valence-electron chi connectivity index (χ2n) is 17.4. The van der Waals surface area contributed by atoms with E-state index < -0.39 is 0 Å². The molecule has 0 radical (unpaired) electrons. The molecule has 2 aliphatic rings. The van der Waals surface area contributed by atoms with Gasteiger partial charge in [0.2, 0.25) is 0 Å². The summed E-state index contributed by atoms with van der Waals surface area (Å²) in [6.07, 6.45) is -0.341. The average molecular weight is 822 g/mol. The van der Waals surface area contributed by atoms with E-state index in [1.54, 1.807) is 0 Å². The summed E-state index contributed by atoms with van der Waals surface area (Å²) < 4.78 is 6.20. The maximum Gasteiger partial charge on any atom is 0.159 e. The Kier molecular flexibility index (Phi) is 8.87. The normalized spacial score (nSPS) is 15.0. The van der Waals surface area contributed by atoms with Crippen molar-refractivity contribution >= 4 is 33.6 Å². The Hall–Kier alpha value is -8.08. The Labute approximate surface area is 373 Å². The molecular formula is C60H43N3O. The predicted octanol–water partition coefficient (Wildman–Crippen LogP) is 15.1. The molecule has 0 fully saturated rings. The van der Waals surface area contributed by atoms with Crippen LogP contribution in [0.5, 0.6) is 0 Å². The number of amidine groups is 2. The number of furan rings is 1. The minimum Gasteiger partial charge on any atom is -0.456 e. The van der Waals surface area contributed by atoms with Crippen molar-refractivity contribution in [3.63, 3.8) is 0 Å². The molecule has 1 aromatic heterocycles. The van der Waals surface area contributed by atoms with Gasteiger partial charge in [0.05, 0.1) is 0 Å². The van der Waals surface area contributed by atoms with Crippen LogP contribution in [-0.4, -0.2) is 11.7 Å². The molecule has 1 N–H and O–H groups in total. The van der Waals surface area contributed by atoms with Gasteiger partial charge in [-0.15, -0.1) is 0 Å². The molecular weight excluding hydrogens is 779 g/mol. The van der Waals surface area contributed by atoms with Crippen LogP contribution in [0.3, 0.4) is 0 Å². The Bertz CT molecular complexity index is 3490. The number of nitrogens with one attached hydrogen (secondary N) is 1. The summed E-state index contributed by atoms with van der Waals surface area (Å²) in [6.45, 7) is 4.69. The van der Waals surface area contributed by atoms with Crippen LogP contribution in [0.4, 0.5) is 0 Å². The van der Waals surface area contributed by atoms with Gasteiger partial charge in [-0.1, -0.05) is 178 Å². The van der Waals surface area contributed by atoms with Crippen LogP contribution >= 0.6 is 0 Å². The topological polar surface area (TPSA) is 49.9 Å². The Morgan fingerprint density at radius 1 is 0.422 bits per heavy atom. The van der Waals surface area contributed by atoms with Gasteiger partial charge in [-0.3, -0.25) is 0 Å². The molecule has 304 valence electrons. The largest absolute Gasteiger partial charge is 0.456 e. The fourth-order valence-corrected chi connectivity index (χ4v) is 9.93. The Morgan fingerprint density at radius 2 is 1.02 bits per heavy atom. The maximum atomic E-state index is 6.20. The quantitative estimate of drug-likeness (QED) is 0.174. The van der Waals surface area contributed by atoms with Crippen molar-refractivity contribution in [2.24, 2.45) is 9.98 Å². The van der Waals surface area contributed by atoms with Crippen LogP contribution in [0.25, 0.3) is 77.6 Å². The molecule has 1 atom stereocenters. The smallest absolute Gasteiger partial charge is 0.159 e. The predicted molar refractivity (Wildman–Crippen MR) is 265 cm³/mol. The molecule has 4 nitrogen and oxygen atoms in total. The van der Waals surface area contributed by atoms with Crippen LogP contribution in [0.15, 0.2) is 227 Å². The van der Waals surface area contributed by atoms with Gasteiger partial charge in [-0.05, 0) is 121 Å². The molecule has 10 aromatic rings. The first kappa shape index (κ1) is 37.7. The minimum absolute atomic E-state index is 0.0788. The van der Waals surface area contributed by atoms with Crippen molar-refractivity contribution in [2.75, 3.05) is 0 Å². The number of aliphatic imine (C=N–C) groups is 2. The van der Waals surface area contributed by atoms with Gasteiger partial charge in [-0.25, -0.2) is 9.98 Å². The van der Waals surface area contributed by atoms with Gasteiger partial charge in [0.15, 0.2) is 5.84 Å². The summed E-state index contributed by atoms with van der Waals surface area (Å²) in [6, 6.07) is 76.0. The van der Waals surface area contributed by atoms with Crippen molar-refractivity contribution in [1.29, 1.82) is 0 Å². The number of rotatable bonds is 7. The first-order valence-electron chi connectivity index (χ1n) is 22.0. The van der Waals surface area contributed by atoms with Gasteiger partial charge in [0.1, 0.15) is 23.2 Å². The van der Waals surface area contributed by atoms with Crippen LogP contribution in [0.2, 0.25) is 0 Å². The van der Waals surface area contributed by atoms with E-state index in [0.717, 1.165) is 66.7 Å². The standard InChI is InChI=1S/C60H43N3O/c1-60(2)52-27-14-12-25-46(52)50-34-42(29-31-53(50)60)49-37-45(38-17-6-3-7-18-38)36-48(56(49)39-19-8-4-9-20-39)41-23-16-24-43(33-41)58-61-57(40-21-10-5-11-22-40)62-59(63-58)44-30-32-55-51(35-44)47-26-13-15-28-54(47)64-55/h3-37,57H,1-2H3,(H,61,62,63)/t57-/m1/s1. The zero-order chi connectivity index (χ0) is 42.8. The molecule has 64 heavy (non-hydrogen) atoms. The average Bonchev–Trinajstić information content (AvgIpc) is 3.85. The van der Waals surface area contributed by atoms with Gasteiger partial charge >= 0.3 is 0 Å². The molecule has 0 spiro atoms. The summed E-state index contributed by atoms with van der Waals surface area (Å²) in [4.78, 5) is 10.5. The van der Waals surface area contributed by atoms with Crippen molar-refractivity contribution in [3.05, 3.63) is 240 Å². The minimum atomic E-state index is -0.341. The summed E-state index contributed by atoms with van der Waals surface area (Å²) in [7, 11) is 0. The summed E-state index contributed by atoms with van der Waals surface area (Å²) in [5.41, 5.74) is 19.2. The van der Waals surface area contributed by atoms with Gasteiger partial charge in [0, 0.05) is 27.3 Å². The number of hydrogen-bond donors (Lipinski definition) is 1. The molecule has 0 bridgehead atoms. The highest BCUT2D eigenvalue weighted by atomic mass is 16.3. The van der Waals surface area contributed by atoms with Gasteiger partial charge in [-0.2, -0.15) is 0 Å². The highest BCUT2D eigenvalue weighted by Crippen LogP contribution is 2.51. The first-order chi connectivity index (χ1) is 31.5. The molecule has 0 saturated carbocycles. The van der Waals surface area contributed by atoms with Crippen LogP contribution in [0, 0.1) is 0 Å². The SMILES string of the molecule is CC1(C)c2ccccc2-c2cc(-c3cc(-c4ccccc4)cc(-c4cccc(C5=NC(c6ccc7oc8ccccc8c7c6)=N[C@H](c6ccccc6)N5)c4)c3-c3ccccc3)ccc21. The van der Waals surface area contributed by atoms with Crippen molar-refractivity contribution in [2.45, 2.75) is 25.4 Å². The lowest BCUT2D eigenvalue weighted by Gasteiger charge is -2.24. The Morgan fingerprint density at radius 3 is 1.81 bits per heavy atom. The van der Waals surface area contributed by atoms with E-state index in [0.29, 0.717) is 5.84 Å². The fourth-order valence-electron chi connectivity index (χ4n) is 9.93. The second-order valence-corrected chi connectivity index (χ2v) is 17.4. The van der Waals surface area contributed by atoms with Crippen LogP contribution < -0.4 is 5.32 Å². The highest BCUT2D eigenvalue weighted by molar-refractivity contribution is 6.16. The van der Waals surface area contributed by atoms with Gasteiger partial charge < -0.3 is 9.73 Å². The lowest BCUT2D eigenvalue weighted by atomic mass is 9.81. The van der Waals surface area contributed by atoms with E-state index in [1.165, 1.54) is 44.5 Å². The number of nitrogens with zero attached hydrogens (tertiary/aromatic N) is 2. The lowest BCUT2D eigenvalue weighted by molar-refractivity contribution is 0.660. The van der Waals surface area contributed by atoms with Crippen molar-refractivity contribution < 1.29 is 4.42 Å². The zero-order valence-electron chi connectivity index (χ0n) is 35.6. The third-order valence-electron chi connectivity index (χ3n) is 13.1. The number of fused-ring (bicyclic) bond motifs is 6. The van der Waals surface area contributed by atoms with Crippen LogP contribution in [-0.2, 0) is 5.41 Å². The van der Waals surface area contributed by atoms with Crippen LogP contribution in [0.1, 0.15) is 47.8 Å². The molecule has 0 saturated heterocycles. The van der Waals surface area contributed by atoms with E-state index in [9.17, 15) is 0 Å².